The van der Waals surface area contributed by atoms with Crippen molar-refractivity contribution in [1.29, 1.82) is 0 Å². The maximum atomic E-state index is 6.05. The second-order valence-electron chi connectivity index (χ2n) is 3.99. The van der Waals surface area contributed by atoms with Gasteiger partial charge in [0.05, 0.1) is 0 Å². The highest BCUT2D eigenvalue weighted by Crippen LogP contribution is 2.48. The number of nitrogens with two attached hydrogens (primary N) is 1. The molecule has 1 saturated heterocycles. The van der Waals surface area contributed by atoms with Crippen molar-refractivity contribution in [2.75, 3.05) is 13.1 Å². The quantitative estimate of drug-likeness (QED) is 0.642. The van der Waals surface area contributed by atoms with Gasteiger partial charge in [-0.15, -0.1) is 0 Å². The van der Waals surface area contributed by atoms with Gasteiger partial charge >= 0.3 is 0 Å². The van der Waals surface area contributed by atoms with Crippen LogP contribution in [0.5, 0.6) is 0 Å². The average molecular weight is 154 g/mol. The van der Waals surface area contributed by atoms with E-state index in [0.717, 1.165) is 0 Å². The Hall–Kier alpha value is -0.0800. The van der Waals surface area contributed by atoms with Gasteiger partial charge in [-0.3, -0.25) is 4.90 Å². The summed E-state index contributed by atoms with van der Waals surface area (Å²) in [4.78, 5) is 2.61. The highest BCUT2D eigenvalue weighted by atomic mass is 15.3. The number of likely N-dealkylation sites (tertiary alicyclic amines) is 1. The van der Waals surface area contributed by atoms with Crippen LogP contribution in [0.15, 0.2) is 0 Å². The molecule has 2 fully saturated rings. The summed E-state index contributed by atoms with van der Waals surface area (Å²) in [5, 5.41) is 0. The van der Waals surface area contributed by atoms with Crippen molar-refractivity contribution in [2.45, 2.75) is 44.2 Å². The molecule has 1 aliphatic carbocycles. The molecule has 11 heavy (non-hydrogen) atoms. The van der Waals surface area contributed by atoms with Gasteiger partial charge in [-0.1, -0.05) is 6.92 Å². The lowest BCUT2D eigenvalue weighted by atomic mass is 10.1. The van der Waals surface area contributed by atoms with E-state index in [4.69, 9.17) is 5.73 Å². The summed E-state index contributed by atoms with van der Waals surface area (Å²) >= 11 is 0. The Morgan fingerprint density at radius 3 is 2.82 bits per heavy atom. The minimum atomic E-state index is 0.481. The largest absolute Gasteiger partial charge is 0.326 e. The molecular weight excluding hydrogens is 136 g/mol. The van der Waals surface area contributed by atoms with Gasteiger partial charge in [-0.2, -0.15) is 0 Å². The molecule has 64 valence electrons. The Kier molecular flexibility index (Phi) is 1.69. The molecule has 0 radical (unpaired) electrons. The molecule has 2 N–H and O–H groups in total. The second-order valence-corrected chi connectivity index (χ2v) is 3.99. The lowest BCUT2D eigenvalue weighted by Gasteiger charge is -2.25. The van der Waals surface area contributed by atoms with E-state index in [0.29, 0.717) is 11.6 Å². The summed E-state index contributed by atoms with van der Waals surface area (Å²) in [6.45, 7) is 4.75. The van der Waals surface area contributed by atoms with Crippen LogP contribution in [-0.4, -0.2) is 29.6 Å². The zero-order valence-electron chi connectivity index (χ0n) is 7.34. The van der Waals surface area contributed by atoms with Crippen LogP contribution in [0.4, 0.5) is 0 Å². The molecule has 0 aromatic rings. The first-order valence-corrected chi connectivity index (χ1v) is 4.80. The first kappa shape index (κ1) is 7.56. The first-order chi connectivity index (χ1) is 5.29. The fourth-order valence-electron chi connectivity index (χ4n) is 2.44. The predicted octanol–water partition coefficient (Wildman–Crippen LogP) is 0.962. The summed E-state index contributed by atoms with van der Waals surface area (Å²) in [7, 11) is 0. The summed E-state index contributed by atoms with van der Waals surface area (Å²) < 4.78 is 0. The molecule has 1 saturated carbocycles. The molecule has 0 aromatic heterocycles. The fourth-order valence-corrected chi connectivity index (χ4v) is 2.44. The predicted molar refractivity (Wildman–Crippen MR) is 46.4 cm³/mol. The van der Waals surface area contributed by atoms with Crippen LogP contribution in [0.3, 0.4) is 0 Å². The van der Waals surface area contributed by atoms with E-state index in [9.17, 15) is 0 Å². The van der Waals surface area contributed by atoms with Crippen molar-refractivity contribution >= 4 is 0 Å². The van der Waals surface area contributed by atoms with Crippen molar-refractivity contribution < 1.29 is 0 Å². The van der Waals surface area contributed by atoms with Gasteiger partial charge in [0.25, 0.3) is 0 Å². The SMILES string of the molecule is CCCN1CCC(N)C12CC2. The van der Waals surface area contributed by atoms with E-state index in [-0.39, 0.29) is 0 Å². The topological polar surface area (TPSA) is 29.3 Å². The van der Waals surface area contributed by atoms with E-state index in [1.54, 1.807) is 0 Å². The molecule has 2 nitrogen and oxygen atoms in total. The van der Waals surface area contributed by atoms with E-state index in [1.807, 2.05) is 0 Å². The lowest BCUT2D eigenvalue weighted by molar-refractivity contribution is 0.225. The van der Waals surface area contributed by atoms with Crippen LogP contribution in [0.2, 0.25) is 0 Å². The highest BCUT2D eigenvalue weighted by molar-refractivity contribution is 5.14. The Balaban J connectivity index is 2.01. The fraction of sp³-hybridized carbons (Fsp3) is 1.00. The molecule has 2 aliphatic rings. The third-order valence-corrected chi connectivity index (χ3v) is 3.29. The monoisotopic (exact) mass is 154 g/mol. The molecule has 2 rings (SSSR count). The van der Waals surface area contributed by atoms with Gasteiger partial charge < -0.3 is 5.73 Å². The van der Waals surface area contributed by atoms with Crippen LogP contribution in [0.1, 0.15) is 32.6 Å². The van der Waals surface area contributed by atoms with Gasteiger partial charge in [0.2, 0.25) is 0 Å². The van der Waals surface area contributed by atoms with E-state index < -0.39 is 0 Å². The minimum absolute atomic E-state index is 0.481. The first-order valence-electron chi connectivity index (χ1n) is 4.80. The summed E-state index contributed by atoms with van der Waals surface area (Å²) in [5.74, 6) is 0. The van der Waals surface area contributed by atoms with Gasteiger partial charge in [0.1, 0.15) is 0 Å². The molecule has 0 amide bonds. The molecule has 1 atom stereocenters. The van der Waals surface area contributed by atoms with Crippen molar-refractivity contribution in [3.8, 4) is 0 Å². The molecule has 1 heterocycles. The maximum absolute atomic E-state index is 6.05. The third kappa shape index (κ3) is 1.00. The average Bonchev–Trinajstić information content (AvgIpc) is 2.72. The van der Waals surface area contributed by atoms with Crippen LogP contribution in [-0.2, 0) is 0 Å². The molecule has 1 aliphatic heterocycles. The normalized spacial score (nSPS) is 34.9. The highest BCUT2D eigenvalue weighted by Gasteiger charge is 2.55. The smallest absolute Gasteiger partial charge is 0.0362 e. The zero-order chi connectivity index (χ0) is 7.90. The molecule has 1 spiro atoms. The Morgan fingerprint density at radius 2 is 2.27 bits per heavy atom. The summed E-state index contributed by atoms with van der Waals surface area (Å²) in [6, 6.07) is 0.481. The van der Waals surface area contributed by atoms with Gasteiger partial charge in [0, 0.05) is 18.1 Å². The van der Waals surface area contributed by atoms with Gasteiger partial charge in [-0.05, 0) is 32.2 Å². The van der Waals surface area contributed by atoms with Crippen LogP contribution in [0, 0.1) is 0 Å². The lowest BCUT2D eigenvalue weighted by Crippen LogP contribution is -2.41. The van der Waals surface area contributed by atoms with Crippen LogP contribution in [0.25, 0.3) is 0 Å². The standard InChI is InChI=1S/C9H18N2/c1-2-6-11-7-3-8(10)9(11)4-5-9/h8H,2-7,10H2,1H3. The molecule has 0 aromatic carbocycles. The number of rotatable bonds is 2. The van der Waals surface area contributed by atoms with Gasteiger partial charge in [0.15, 0.2) is 0 Å². The number of hydrogen-bond acceptors (Lipinski definition) is 2. The van der Waals surface area contributed by atoms with E-state index in [2.05, 4.69) is 11.8 Å². The number of nitrogens with zero attached hydrogens (tertiary/aromatic N) is 1. The number of hydrogen-bond donors (Lipinski definition) is 1. The van der Waals surface area contributed by atoms with E-state index in [1.165, 1.54) is 38.8 Å². The Bertz CT molecular complexity index is 150. The molecule has 1 unspecified atom stereocenters. The van der Waals surface area contributed by atoms with Gasteiger partial charge in [-0.25, -0.2) is 0 Å². The van der Waals surface area contributed by atoms with E-state index >= 15 is 0 Å². The second kappa shape index (κ2) is 2.46. The van der Waals surface area contributed by atoms with Crippen molar-refractivity contribution in [2.24, 2.45) is 5.73 Å². The molecule has 2 heteroatoms. The molecular formula is C9H18N2. The minimum Gasteiger partial charge on any atom is -0.326 e. The Morgan fingerprint density at radius 1 is 1.55 bits per heavy atom. The van der Waals surface area contributed by atoms with Crippen molar-refractivity contribution in [1.82, 2.24) is 4.90 Å². The maximum Gasteiger partial charge on any atom is 0.0362 e. The van der Waals surface area contributed by atoms with Crippen molar-refractivity contribution in [3.05, 3.63) is 0 Å². The van der Waals surface area contributed by atoms with Crippen LogP contribution < -0.4 is 5.73 Å². The third-order valence-electron chi connectivity index (χ3n) is 3.29. The molecule has 0 bridgehead atoms. The van der Waals surface area contributed by atoms with Crippen LogP contribution >= 0.6 is 0 Å². The van der Waals surface area contributed by atoms with Crippen molar-refractivity contribution in [3.63, 3.8) is 0 Å². The zero-order valence-corrected chi connectivity index (χ0v) is 7.34. The summed E-state index contributed by atoms with van der Waals surface area (Å²) in [6.07, 6.45) is 5.21. The summed E-state index contributed by atoms with van der Waals surface area (Å²) in [5.41, 5.74) is 6.54. The Labute approximate surface area is 68.7 Å².